The van der Waals surface area contributed by atoms with Crippen LogP contribution in [0.25, 0.3) is 0 Å². The maximum absolute atomic E-state index is 12.0. The molecule has 0 unspecified atom stereocenters. The molecule has 0 aromatic carbocycles. The van der Waals surface area contributed by atoms with E-state index >= 15 is 0 Å². The van der Waals surface area contributed by atoms with Gasteiger partial charge in [-0.2, -0.15) is 0 Å². The fourth-order valence-corrected chi connectivity index (χ4v) is 2.62. The van der Waals surface area contributed by atoms with E-state index in [1.165, 1.54) is 4.88 Å². The molecule has 0 aliphatic rings. The van der Waals surface area contributed by atoms with Gasteiger partial charge in [0.15, 0.2) is 0 Å². The van der Waals surface area contributed by atoms with Crippen molar-refractivity contribution >= 4 is 17.2 Å². The molecule has 1 rings (SSSR count). The summed E-state index contributed by atoms with van der Waals surface area (Å²) in [5, 5.41) is 11.8. The molecule has 1 heterocycles. The molecule has 0 saturated heterocycles. The van der Waals surface area contributed by atoms with Crippen LogP contribution in [0.5, 0.6) is 0 Å². The quantitative estimate of drug-likeness (QED) is 0.827. The van der Waals surface area contributed by atoms with Gasteiger partial charge in [-0.25, -0.2) is 0 Å². The highest BCUT2D eigenvalue weighted by Gasteiger charge is 2.20. The maximum Gasteiger partial charge on any atom is 0.222 e. The maximum atomic E-state index is 12.0. The van der Waals surface area contributed by atoms with Gasteiger partial charge >= 0.3 is 0 Å². The summed E-state index contributed by atoms with van der Waals surface area (Å²) < 4.78 is 0. The Balaban J connectivity index is 2.33. The molecule has 4 heteroatoms. The van der Waals surface area contributed by atoms with Crippen LogP contribution >= 0.6 is 11.3 Å². The van der Waals surface area contributed by atoms with Crippen LogP contribution in [0.1, 0.15) is 38.5 Å². The Bertz CT molecular complexity index is 354. The molecule has 3 nitrogen and oxygen atoms in total. The third-order valence-corrected chi connectivity index (χ3v) is 3.64. The number of thiophene rings is 1. The lowest BCUT2D eigenvalue weighted by atomic mass is 10.1. The zero-order valence-electron chi connectivity index (χ0n) is 11.5. The Kier molecular flexibility index (Phi) is 5.82. The normalized spacial score (nSPS) is 11.6. The monoisotopic (exact) mass is 269 g/mol. The minimum absolute atomic E-state index is 0.135. The number of hydrogen-bond acceptors (Lipinski definition) is 3. The number of likely N-dealkylation sites (N-methyl/N-ethyl adjacent to an activating group) is 1. The van der Waals surface area contributed by atoms with Crippen LogP contribution in [0.3, 0.4) is 0 Å². The number of rotatable bonds is 7. The van der Waals surface area contributed by atoms with Gasteiger partial charge in [-0.05, 0) is 45.1 Å². The Labute approximate surface area is 113 Å². The molecule has 1 aromatic heterocycles. The van der Waals surface area contributed by atoms with Crippen LogP contribution in [0.15, 0.2) is 17.5 Å². The zero-order chi connectivity index (χ0) is 13.6. The van der Waals surface area contributed by atoms with Crippen molar-refractivity contribution in [3.05, 3.63) is 22.4 Å². The highest BCUT2D eigenvalue weighted by atomic mass is 32.1. The van der Waals surface area contributed by atoms with E-state index in [0.717, 1.165) is 12.8 Å². The van der Waals surface area contributed by atoms with Crippen molar-refractivity contribution in [2.24, 2.45) is 0 Å². The van der Waals surface area contributed by atoms with Crippen LogP contribution in [-0.4, -0.2) is 34.6 Å². The van der Waals surface area contributed by atoms with E-state index in [-0.39, 0.29) is 5.91 Å². The van der Waals surface area contributed by atoms with Crippen LogP contribution in [0.2, 0.25) is 0 Å². The number of carbonyl (C=O) groups excluding carboxylic acids is 1. The van der Waals surface area contributed by atoms with Gasteiger partial charge in [0.1, 0.15) is 0 Å². The molecule has 0 bridgehead atoms. The molecule has 1 amide bonds. The average molecular weight is 269 g/mol. The molecule has 0 spiro atoms. The first kappa shape index (κ1) is 15.2. The Morgan fingerprint density at radius 2 is 2.22 bits per heavy atom. The minimum atomic E-state index is -0.820. The minimum Gasteiger partial charge on any atom is -0.389 e. The Morgan fingerprint density at radius 1 is 1.50 bits per heavy atom. The summed E-state index contributed by atoms with van der Waals surface area (Å²) in [4.78, 5) is 15.1. The van der Waals surface area contributed by atoms with Crippen molar-refractivity contribution in [1.29, 1.82) is 0 Å². The van der Waals surface area contributed by atoms with E-state index in [0.29, 0.717) is 19.5 Å². The highest BCUT2D eigenvalue weighted by Crippen LogP contribution is 2.13. The smallest absolute Gasteiger partial charge is 0.222 e. The summed E-state index contributed by atoms with van der Waals surface area (Å²) in [6, 6.07) is 4.14. The van der Waals surface area contributed by atoms with Gasteiger partial charge in [0, 0.05) is 24.4 Å². The molecule has 102 valence electrons. The first-order valence-electron chi connectivity index (χ1n) is 6.45. The first-order valence-corrected chi connectivity index (χ1v) is 7.33. The molecule has 18 heavy (non-hydrogen) atoms. The van der Waals surface area contributed by atoms with E-state index in [1.54, 1.807) is 30.1 Å². The number of amides is 1. The number of nitrogens with zero attached hydrogens (tertiary/aromatic N) is 1. The van der Waals surface area contributed by atoms with E-state index in [9.17, 15) is 9.90 Å². The third-order valence-electron chi connectivity index (χ3n) is 2.71. The van der Waals surface area contributed by atoms with Crippen LogP contribution < -0.4 is 0 Å². The highest BCUT2D eigenvalue weighted by molar-refractivity contribution is 7.09. The average Bonchev–Trinajstić information content (AvgIpc) is 2.77. The van der Waals surface area contributed by atoms with Gasteiger partial charge in [-0.3, -0.25) is 4.79 Å². The van der Waals surface area contributed by atoms with Gasteiger partial charge in [-0.1, -0.05) is 6.07 Å². The molecular formula is C14H23NO2S. The second-order valence-corrected chi connectivity index (χ2v) is 6.19. The van der Waals surface area contributed by atoms with Crippen LogP contribution in [-0.2, 0) is 11.2 Å². The summed E-state index contributed by atoms with van der Waals surface area (Å²) >= 11 is 1.73. The summed E-state index contributed by atoms with van der Waals surface area (Å²) in [7, 11) is 0. The standard InChI is InChI=1S/C14H23NO2S/c1-4-15(11-14(2,3)17)13(16)9-5-7-12-8-6-10-18-12/h6,8,10,17H,4-5,7,9,11H2,1-3H3. The van der Waals surface area contributed by atoms with Gasteiger partial charge in [0.2, 0.25) is 5.91 Å². The molecule has 0 atom stereocenters. The van der Waals surface area contributed by atoms with Crippen LogP contribution in [0.4, 0.5) is 0 Å². The summed E-state index contributed by atoms with van der Waals surface area (Å²) in [6.07, 6.45) is 2.40. The summed E-state index contributed by atoms with van der Waals surface area (Å²) in [5.74, 6) is 0.135. The van der Waals surface area contributed by atoms with E-state index in [4.69, 9.17) is 0 Å². The number of aryl methyl sites for hydroxylation is 1. The lowest BCUT2D eigenvalue weighted by Crippen LogP contribution is -2.42. The third kappa shape index (κ3) is 5.65. The Morgan fingerprint density at radius 3 is 2.72 bits per heavy atom. The van der Waals surface area contributed by atoms with Crippen molar-refractivity contribution in [2.45, 2.75) is 45.6 Å². The lowest BCUT2D eigenvalue weighted by Gasteiger charge is -2.28. The second-order valence-electron chi connectivity index (χ2n) is 5.15. The fourth-order valence-electron chi connectivity index (χ4n) is 1.87. The first-order chi connectivity index (χ1) is 8.42. The van der Waals surface area contributed by atoms with Gasteiger partial charge < -0.3 is 10.0 Å². The van der Waals surface area contributed by atoms with Gasteiger partial charge in [0.05, 0.1) is 5.60 Å². The van der Waals surface area contributed by atoms with E-state index in [2.05, 4.69) is 11.4 Å². The summed E-state index contributed by atoms with van der Waals surface area (Å²) in [5.41, 5.74) is -0.820. The van der Waals surface area contributed by atoms with Gasteiger partial charge in [-0.15, -0.1) is 11.3 Å². The van der Waals surface area contributed by atoms with Crippen molar-refractivity contribution in [3.8, 4) is 0 Å². The number of hydrogen-bond donors (Lipinski definition) is 1. The number of aliphatic hydroxyl groups is 1. The molecule has 1 N–H and O–H groups in total. The SMILES string of the molecule is CCN(CC(C)(C)O)C(=O)CCCc1cccs1. The molecule has 0 aliphatic heterocycles. The van der Waals surface area contributed by atoms with Crippen LogP contribution in [0, 0.1) is 0 Å². The predicted molar refractivity (Wildman–Crippen MR) is 75.8 cm³/mol. The largest absolute Gasteiger partial charge is 0.389 e. The zero-order valence-corrected chi connectivity index (χ0v) is 12.3. The molecule has 0 saturated carbocycles. The van der Waals surface area contributed by atoms with E-state index < -0.39 is 5.60 Å². The van der Waals surface area contributed by atoms with Crippen molar-refractivity contribution in [2.75, 3.05) is 13.1 Å². The number of carbonyl (C=O) groups is 1. The van der Waals surface area contributed by atoms with Crippen molar-refractivity contribution < 1.29 is 9.90 Å². The molecule has 1 aromatic rings. The molecular weight excluding hydrogens is 246 g/mol. The molecule has 0 fully saturated rings. The summed E-state index contributed by atoms with van der Waals surface area (Å²) in [6.45, 7) is 6.47. The van der Waals surface area contributed by atoms with Crippen molar-refractivity contribution in [1.82, 2.24) is 4.90 Å². The topological polar surface area (TPSA) is 40.5 Å². The van der Waals surface area contributed by atoms with Gasteiger partial charge in [0.25, 0.3) is 0 Å². The molecule has 0 aliphatic carbocycles. The Hall–Kier alpha value is -0.870. The lowest BCUT2D eigenvalue weighted by molar-refractivity contribution is -0.134. The van der Waals surface area contributed by atoms with Crippen molar-refractivity contribution in [3.63, 3.8) is 0 Å². The van der Waals surface area contributed by atoms with E-state index in [1.807, 2.05) is 13.0 Å². The molecule has 0 radical (unpaired) electrons. The fraction of sp³-hybridized carbons (Fsp3) is 0.643. The second kappa shape index (κ2) is 6.90. The predicted octanol–water partition coefficient (Wildman–Crippen LogP) is 2.69.